The number of aromatic hydroxyl groups is 1. The third kappa shape index (κ3) is 3.48. The number of likely N-dealkylation sites (tertiary alicyclic amines) is 1. The van der Waals surface area contributed by atoms with Gasteiger partial charge in [0, 0.05) is 24.7 Å². The van der Waals surface area contributed by atoms with Crippen LogP contribution in [0.3, 0.4) is 0 Å². The van der Waals surface area contributed by atoms with Gasteiger partial charge >= 0.3 is 0 Å². The average molecular weight is 262 g/mol. The van der Waals surface area contributed by atoms with Crippen LogP contribution in [0.2, 0.25) is 0 Å². The van der Waals surface area contributed by atoms with Gasteiger partial charge in [-0.1, -0.05) is 18.6 Å². The van der Waals surface area contributed by atoms with Gasteiger partial charge < -0.3 is 10.8 Å². The first-order chi connectivity index (χ1) is 9.11. The lowest BCUT2D eigenvalue weighted by Gasteiger charge is -2.44. The number of benzene rings is 1. The lowest BCUT2D eigenvalue weighted by atomic mass is 9.92. The Bertz CT molecular complexity index is 390. The number of hydrogen-bond donors (Lipinski definition) is 2. The molecule has 1 aromatic rings. The van der Waals surface area contributed by atoms with Crippen LogP contribution in [-0.2, 0) is 6.42 Å². The molecule has 1 saturated heterocycles. The standard InChI is InChI=1S/C16H26N2O/c1-12-4-3-5-15(11-17)18(12)13(2)10-14-6-8-16(19)9-7-14/h6-9,12-13,15,19H,3-5,10-11,17H2,1-2H3. The van der Waals surface area contributed by atoms with Gasteiger partial charge in [0.1, 0.15) is 5.75 Å². The van der Waals surface area contributed by atoms with E-state index in [0.29, 0.717) is 23.9 Å². The van der Waals surface area contributed by atoms with Crippen molar-refractivity contribution >= 4 is 0 Å². The van der Waals surface area contributed by atoms with Crippen molar-refractivity contribution in [2.24, 2.45) is 5.73 Å². The molecule has 3 heteroatoms. The zero-order chi connectivity index (χ0) is 13.8. The van der Waals surface area contributed by atoms with Crippen LogP contribution < -0.4 is 5.73 Å². The van der Waals surface area contributed by atoms with Crippen molar-refractivity contribution in [1.29, 1.82) is 0 Å². The monoisotopic (exact) mass is 262 g/mol. The molecule has 3 unspecified atom stereocenters. The predicted molar refractivity (Wildman–Crippen MR) is 79.3 cm³/mol. The molecule has 1 aromatic carbocycles. The summed E-state index contributed by atoms with van der Waals surface area (Å²) in [4.78, 5) is 2.59. The van der Waals surface area contributed by atoms with Gasteiger partial charge in [-0.05, 0) is 50.8 Å². The van der Waals surface area contributed by atoms with E-state index in [9.17, 15) is 5.11 Å². The number of nitrogens with two attached hydrogens (primary N) is 1. The Labute approximate surface area is 116 Å². The molecule has 0 amide bonds. The maximum atomic E-state index is 9.33. The third-order valence-electron chi connectivity index (χ3n) is 4.34. The molecule has 0 aromatic heterocycles. The number of piperidine rings is 1. The molecule has 1 fully saturated rings. The highest BCUT2D eigenvalue weighted by molar-refractivity contribution is 5.26. The van der Waals surface area contributed by atoms with Crippen molar-refractivity contribution in [1.82, 2.24) is 4.90 Å². The fraction of sp³-hybridized carbons (Fsp3) is 0.625. The Morgan fingerprint density at radius 1 is 1.32 bits per heavy atom. The van der Waals surface area contributed by atoms with E-state index in [2.05, 4.69) is 18.7 Å². The first-order valence-corrected chi connectivity index (χ1v) is 7.37. The number of phenols is 1. The van der Waals surface area contributed by atoms with E-state index in [4.69, 9.17) is 5.73 Å². The minimum atomic E-state index is 0.336. The summed E-state index contributed by atoms with van der Waals surface area (Å²) < 4.78 is 0. The largest absolute Gasteiger partial charge is 0.508 e. The quantitative estimate of drug-likeness (QED) is 0.876. The summed E-state index contributed by atoms with van der Waals surface area (Å²) in [5.74, 6) is 0.336. The van der Waals surface area contributed by atoms with Gasteiger partial charge in [0.25, 0.3) is 0 Å². The molecule has 0 spiro atoms. The molecule has 1 heterocycles. The number of phenolic OH excluding ortho intramolecular Hbond substituents is 1. The molecular formula is C16H26N2O. The molecule has 3 N–H and O–H groups in total. The minimum Gasteiger partial charge on any atom is -0.508 e. The van der Waals surface area contributed by atoms with Gasteiger partial charge in [-0.3, -0.25) is 4.90 Å². The number of hydrogen-bond acceptors (Lipinski definition) is 3. The average Bonchev–Trinajstić information content (AvgIpc) is 2.40. The van der Waals surface area contributed by atoms with Crippen molar-refractivity contribution in [3.63, 3.8) is 0 Å². The maximum absolute atomic E-state index is 9.33. The summed E-state index contributed by atoms with van der Waals surface area (Å²) >= 11 is 0. The smallest absolute Gasteiger partial charge is 0.115 e. The number of rotatable bonds is 4. The van der Waals surface area contributed by atoms with Crippen molar-refractivity contribution in [3.8, 4) is 5.75 Å². The summed E-state index contributed by atoms with van der Waals surface area (Å²) in [6.07, 6.45) is 4.81. The van der Waals surface area contributed by atoms with Gasteiger partial charge in [0.05, 0.1) is 0 Å². The highest BCUT2D eigenvalue weighted by atomic mass is 16.3. The van der Waals surface area contributed by atoms with Gasteiger partial charge in [0.2, 0.25) is 0 Å². The maximum Gasteiger partial charge on any atom is 0.115 e. The van der Waals surface area contributed by atoms with E-state index < -0.39 is 0 Å². The van der Waals surface area contributed by atoms with E-state index in [1.807, 2.05) is 12.1 Å². The summed E-state index contributed by atoms with van der Waals surface area (Å²) in [6.45, 7) is 5.36. The molecule has 0 saturated carbocycles. The Morgan fingerprint density at radius 2 is 2.00 bits per heavy atom. The molecule has 1 aliphatic heterocycles. The molecule has 2 rings (SSSR count). The second-order valence-electron chi connectivity index (χ2n) is 5.84. The molecule has 0 aliphatic carbocycles. The second-order valence-corrected chi connectivity index (χ2v) is 5.84. The molecule has 0 radical (unpaired) electrons. The van der Waals surface area contributed by atoms with Crippen LogP contribution in [-0.4, -0.2) is 34.7 Å². The first-order valence-electron chi connectivity index (χ1n) is 7.37. The fourth-order valence-electron chi connectivity index (χ4n) is 3.42. The second kappa shape index (κ2) is 6.40. The van der Waals surface area contributed by atoms with E-state index in [1.165, 1.54) is 24.8 Å². The highest BCUT2D eigenvalue weighted by Crippen LogP contribution is 2.26. The Kier molecular flexibility index (Phi) is 4.83. The Morgan fingerprint density at radius 3 is 2.63 bits per heavy atom. The van der Waals surface area contributed by atoms with Crippen LogP contribution in [0.25, 0.3) is 0 Å². The summed E-state index contributed by atoms with van der Waals surface area (Å²) in [5, 5.41) is 9.33. The summed E-state index contributed by atoms with van der Waals surface area (Å²) in [5.41, 5.74) is 7.21. The molecule has 3 atom stereocenters. The van der Waals surface area contributed by atoms with E-state index >= 15 is 0 Å². The van der Waals surface area contributed by atoms with Crippen LogP contribution in [0.15, 0.2) is 24.3 Å². The Balaban J connectivity index is 2.04. The van der Waals surface area contributed by atoms with Crippen LogP contribution in [0.4, 0.5) is 0 Å². The lowest BCUT2D eigenvalue weighted by Crippen LogP contribution is -2.53. The van der Waals surface area contributed by atoms with Crippen molar-refractivity contribution in [2.45, 2.75) is 57.7 Å². The van der Waals surface area contributed by atoms with Crippen LogP contribution >= 0.6 is 0 Å². The minimum absolute atomic E-state index is 0.336. The molecule has 19 heavy (non-hydrogen) atoms. The van der Waals surface area contributed by atoms with Crippen LogP contribution in [0.1, 0.15) is 38.7 Å². The first kappa shape index (κ1) is 14.4. The van der Waals surface area contributed by atoms with E-state index in [1.54, 1.807) is 12.1 Å². The normalized spacial score (nSPS) is 26.3. The zero-order valence-corrected chi connectivity index (χ0v) is 12.0. The van der Waals surface area contributed by atoms with E-state index in [0.717, 1.165) is 13.0 Å². The molecule has 3 nitrogen and oxygen atoms in total. The summed E-state index contributed by atoms with van der Waals surface area (Å²) in [6, 6.07) is 9.19. The van der Waals surface area contributed by atoms with Gasteiger partial charge in [-0.15, -0.1) is 0 Å². The van der Waals surface area contributed by atoms with E-state index in [-0.39, 0.29) is 0 Å². The molecular weight excluding hydrogens is 236 g/mol. The van der Waals surface area contributed by atoms with Crippen molar-refractivity contribution in [2.75, 3.05) is 6.54 Å². The van der Waals surface area contributed by atoms with Gasteiger partial charge in [-0.2, -0.15) is 0 Å². The van der Waals surface area contributed by atoms with Gasteiger partial charge in [0.15, 0.2) is 0 Å². The zero-order valence-electron chi connectivity index (χ0n) is 12.0. The Hall–Kier alpha value is -1.06. The fourth-order valence-corrected chi connectivity index (χ4v) is 3.42. The lowest BCUT2D eigenvalue weighted by molar-refractivity contribution is 0.0576. The highest BCUT2D eigenvalue weighted by Gasteiger charge is 2.30. The molecule has 106 valence electrons. The van der Waals surface area contributed by atoms with Crippen molar-refractivity contribution < 1.29 is 5.11 Å². The molecule has 0 bridgehead atoms. The third-order valence-corrected chi connectivity index (χ3v) is 4.34. The van der Waals surface area contributed by atoms with Gasteiger partial charge in [-0.25, -0.2) is 0 Å². The number of nitrogens with zero attached hydrogens (tertiary/aromatic N) is 1. The predicted octanol–water partition coefficient (Wildman–Crippen LogP) is 2.52. The topological polar surface area (TPSA) is 49.5 Å². The SMILES string of the molecule is CC1CCCC(CN)N1C(C)Cc1ccc(O)cc1. The van der Waals surface area contributed by atoms with Crippen LogP contribution in [0, 0.1) is 0 Å². The summed E-state index contributed by atoms with van der Waals surface area (Å²) in [7, 11) is 0. The molecule has 1 aliphatic rings. The van der Waals surface area contributed by atoms with Crippen LogP contribution in [0.5, 0.6) is 5.75 Å². The van der Waals surface area contributed by atoms with Crippen molar-refractivity contribution in [3.05, 3.63) is 29.8 Å².